The lowest BCUT2D eigenvalue weighted by atomic mass is 9.70. The number of aryl methyl sites for hydroxylation is 1. The van der Waals surface area contributed by atoms with E-state index in [1.807, 2.05) is 6.92 Å². The van der Waals surface area contributed by atoms with Crippen LogP contribution in [0.5, 0.6) is 17.2 Å². The SMILES string of the molecule is Cc1ccc(S(=O)(=O)NC(=O)NCCOc2c(C(c3cc(C(C)(C)C)cc(C(C)(C)C)c3O)c3cc(C(C)(C)C)cc(C(C)(C)C)c3O)cc(C(C)(C)C)cc2C(C)(C)C)cc1. The Hall–Kier alpha value is -4.50. The van der Waals surface area contributed by atoms with Gasteiger partial charge in [0.05, 0.1) is 11.4 Å². The summed E-state index contributed by atoms with van der Waals surface area (Å²) in [6, 6.07) is 18.2. The summed E-state index contributed by atoms with van der Waals surface area (Å²) in [5.74, 6) is 0.161. The summed E-state index contributed by atoms with van der Waals surface area (Å²) >= 11 is 0. The molecule has 4 aromatic rings. The van der Waals surface area contributed by atoms with Crippen LogP contribution < -0.4 is 14.8 Å². The van der Waals surface area contributed by atoms with Gasteiger partial charge in [0.25, 0.3) is 10.0 Å². The lowest BCUT2D eigenvalue weighted by molar-refractivity contribution is 0.240. The van der Waals surface area contributed by atoms with Crippen molar-refractivity contribution in [2.75, 3.05) is 13.2 Å². The molecule has 0 saturated carbocycles. The van der Waals surface area contributed by atoms with Crippen molar-refractivity contribution < 1.29 is 28.2 Å². The van der Waals surface area contributed by atoms with Gasteiger partial charge < -0.3 is 20.3 Å². The lowest BCUT2D eigenvalue weighted by Gasteiger charge is -2.35. The highest BCUT2D eigenvalue weighted by atomic mass is 32.2. The van der Waals surface area contributed by atoms with Gasteiger partial charge in [-0.1, -0.05) is 179 Å². The number of phenols is 2. The molecular formula is C53H76N2O6S. The summed E-state index contributed by atoms with van der Waals surface area (Å²) in [5.41, 5.74) is 6.43. The maximum atomic E-state index is 13.1. The molecule has 0 aliphatic carbocycles. The third kappa shape index (κ3) is 11.5. The van der Waals surface area contributed by atoms with Crippen LogP contribution in [0.3, 0.4) is 0 Å². The number of sulfonamides is 1. The largest absolute Gasteiger partial charge is 0.507 e. The second kappa shape index (κ2) is 17.2. The van der Waals surface area contributed by atoms with Crippen molar-refractivity contribution in [3.63, 3.8) is 0 Å². The molecule has 0 radical (unpaired) electrons. The van der Waals surface area contributed by atoms with Crippen molar-refractivity contribution in [2.45, 2.75) is 175 Å². The minimum atomic E-state index is -4.10. The summed E-state index contributed by atoms with van der Waals surface area (Å²) < 4.78 is 35.0. The van der Waals surface area contributed by atoms with Gasteiger partial charge in [0, 0.05) is 28.2 Å². The Morgan fingerprint density at radius 2 is 0.935 bits per heavy atom. The van der Waals surface area contributed by atoms with E-state index in [4.69, 9.17) is 4.74 Å². The molecule has 0 bridgehead atoms. The first kappa shape index (κ1) is 50.1. The minimum absolute atomic E-state index is 0.00181. The molecule has 0 saturated heterocycles. The zero-order chi connectivity index (χ0) is 47.3. The molecule has 0 aromatic heterocycles. The van der Waals surface area contributed by atoms with E-state index in [9.17, 15) is 23.4 Å². The molecule has 62 heavy (non-hydrogen) atoms. The number of urea groups is 1. The maximum absolute atomic E-state index is 13.1. The number of hydrogen-bond acceptors (Lipinski definition) is 6. The first-order valence-electron chi connectivity index (χ1n) is 21.9. The van der Waals surface area contributed by atoms with Gasteiger partial charge in [-0.05, 0) is 79.4 Å². The van der Waals surface area contributed by atoms with Gasteiger partial charge in [0.1, 0.15) is 23.9 Å². The molecule has 0 atom stereocenters. The van der Waals surface area contributed by atoms with E-state index >= 15 is 0 Å². The minimum Gasteiger partial charge on any atom is -0.507 e. The Labute approximate surface area is 374 Å². The first-order chi connectivity index (χ1) is 27.9. The van der Waals surface area contributed by atoms with E-state index in [0.29, 0.717) is 16.9 Å². The van der Waals surface area contributed by atoms with Gasteiger partial charge in [0.2, 0.25) is 0 Å². The molecule has 0 fully saturated rings. The van der Waals surface area contributed by atoms with Crippen molar-refractivity contribution in [3.05, 3.63) is 116 Å². The van der Waals surface area contributed by atoms with Crippen LogP contribution in [0, 0.1) is 6.92 Å². The van der Waals surface area contributed by atoms with Crippen molar-refractivity contribution in [1.29, 1.82) is 0 Å². The highest BCUT2D eigenvalue weighted by molar-refractivity contribution is 7.90. The summed E-state index contributed by atoms with van der Waals surface area (Å²) in [7, 11) is -4.10. The molecule has 0 aliphatic rings. The van der Waals surface area contributed by atoms with Crippen molar-refractivity contribution >= 4 is 16.1 Å². The molecule has 0 heterocycles. The maximum Gasteiger partial charge on any atom is 0.328 e. The van der Waals surface area contributed by atoms with Crippen LogP contribution in [-0.2, 0) is 42.5 Å². The number of nitrogens with one attached hydrogen (secondary N) is 2. The number of aromatic hydroxyl groups is 2. The number of phenolic OH excluding ortho intramolecular Hbond substituents is 2. The lowest BCUT2D eigenvalue weighted by Crippen LogP contribution is -2.41. The van der Waals surface area contributed by atoms with Crippen LogP contribution >= 0.6 is 0 Å². The summed E-state index contributed by atoms with van der Waals surface area (Å²) in [4.78, 5) is 13.0. The van der Waals surface area contributed by atoms with Crippen molar-refractivity contribution in [3.8, 4) is 17.2 Å². The Bertz CT molecular complexity index is 2310. The third-order valence-electron chi connectivity index (χ3n) is 11.5. The molecule has 8 nitrogen and oxygen atoms in total. The highest BCUT2D eigenvalue weighted by Crippen LogP contribution is 2.53. The van der Waals surface area contributed by atoms with Crippen molar-refractivity contribution in [1.82, 2.24) is 10.0 Å². The number of amides is 2. The normalized spacial score (nSPS) is 13.4. The van der Waals surface area contributed by atoms with Crippen molar-refractivity contribution in [2.24, 2.45) is 0 Å². The average molecular weight is 869 g/mol. The number of carbonyl (C=O) groups is 1. The quantitative estimate of drug-likeness (QED) is 0.0981. The van der Waals surface area contributed by atoms with Crippen LogP contribution in [-0.4, -0.2) is 37.8 Å². The Balaban J connectivity index is 2.10. The van der Waals surface area contributed by atoms with Gasteiger partial charge in [0.15, 0.2) is 0 Å². The molecule has 4 aromatic carbocycles. The third-order valence-corrected chi connectivity index (χ3v) is 12.9. The van der Waals surface area contributed by atoms with E-state index in [-0.39, 0.29) is 45.8 Å². The number of ether oxygens (including phenoxy) is 1. The van der Waals surface area contributed by atoms with Gasteiger partial charge in [-0.2, -0.15) is 0 Å². The van der Waals surface area contributed by atoms with E-state index in [1.54, 1.807) is 12.1 Å². The van der Waals surface area contributed by atoms with E-state index in [0.717, 1.165) is 44.5 Å². The monoisotopic (exact) mass is 869 g/mol. The standard InChI is InChI=1S/C53H76N2O6S/c1-32-20-22-36(23-21-32)62(59,60)55-47(58)54-24-25-61-46-39(28-35(50(8,9)10)31-42(46)53(17,18)19)43(37-26-33(48(2,3)4)29-40(44(37)56)51(11,12)13)38-27-34(49(5,6)7)30-41(45(38)57)52(14,15)16/h20-23,26-31,43,56-57H,24-25H2,1-19H3,(H2,54,55,58). The average Bonchev–Trinajstić information content (AvgIpc) is 3.08. The fourth-order valence-electron chi connectivity index (χ4n) is 7.54. The van der Waals surface area contributed by atoms with Gasteiger partial charge in [-0.3, -0.25) is 0 Å². The predicted octanol–water partition coefficient (Wildman–Crippen LogP) is 12.4. The van der Waals surface area contributed by atoms with Gasteiger partial charge in [-0.25, -0.2) is 17.9 Å². The second-order valence-electron chi connectivity index (χ2n) is 23.3. The summed E-state index contributed by atoms with van der Waals surface area (Å²) in [6.07, 6.45) is 0. The van der Waals surface area contributed by atoms with Gasteiger partial charge in [-0.15, -0.1) is 0 Å². The number of hydrogen-bond donors (Lipinski definition) is 4. The van der Waals surface area contributed by atoms with E-state index in [2.05, 4.69) is 171 Å². The Kier molecular flexibility index (Phi) is 13.9. The summed E-state index contributed by atoms with van der Waals surface area (Å²) in [6.45, 7) is 40.4. The Morgan fingerprint density at radius 3 is 1.31 bits per heavy atom. The highest BCUT2D eigenvalue weighted by Gasteiger charge is 2.37. The summed E-state index contributed by atoms with van der Waals surface area (Å²) in [5, 5.41) is 28.2. The number of benzene rings is 4. The van der Waals surface area contributed by atoms with Crippen LogP contribution in [0.4, 0.5) is 4.79 Å². The zero-order valence-electron chi connectivity index (χ0n) is 41.2. The van der Waals surface area contributed by atoms with Gasteiger partial charge >= 0.3 is 6.03 Å². The van der Waals surface area contributed by atoms with Crippen LogP contribution in [0.1, 0.15) is 186 Å². The molecule has 340 valence electrons. The molecule has 2 amide bonds. The molecule has 4 rings (SSSR count). The van der Waals surface area contributed by atoms with Crippen LogP contribution in [0.25, 0.3) is 0 Å². The second-order valence-corrected chi connectivity index (χ2v) is 25.0. The molecule has 4 N–H and O–H groups in total. The molecule has 0 aliphatic heterocycles. The van der Waals surface area contributed by atoms with Crippen LogP contribution in [0.2, 0.25) is 0 Å². The molecular weight excluding hydrogens is 793 g/mol. The fraction of sp³-hybridized carbons (Fsp3) is 0.528. The zero-order valence-corrected chi connectivity index (χ0v) is 42.0. The Morgan fingerprint density at radius 1 is 0.565 bits per heavy atom. The van der Waals surface area contributed by atoms with Crippen LogP contribution in [0.15, 0.2) is 65.6 Å². The van der Waals surface area contributed by atoms with E-state index < -0.39 is 38.2 Å². The molecule has 0 spiro atoms. The topological polar surface area (TPSA) is 125 Å². The smallest absolute Gasteiger partial charge is 0.328 e. The first-order valence-corrected chi connectivity index (χ1v) is 23.4. The molecule has 9 heteroatoms. The van der Waals surface area contributed by atoms with E-state index in [1.165, 1.54) is 12.1 Å². The number of rotatable bonds is 9. The molecule has 0 unspecified atom stereocenters. The predicted molar refractivity (Wildman–Crippen MR) is 256 cm³/mol. The number of carbonyl (C=O) groups excluding carboxylic acids is 1. The fourth-order valence-corrected chi connectivity index (χ4v) is 8.46.